The zero-order chi connectivity index (χ0) is 20.0. The number of hydrogen-bond donors (Lipinski definition) is 4. The summed E-state index contributed by atoms with van der Waals surface area (Å²) in [6.07, 6.45) is 2.29. The number of hydrogen-bond acceptors (Lipinski definition) is 5. The van der Waals surface area contributed by atoms with Crippen LogP contribution >= 0.6 is 0 Å². The van der Waals surface area contributed by atoms with Crippen molar-refractivity contribution in [2.24, 2.45) is 5.92 Å². The molecular formula is C20H30N2O5. The molecule has 0 saturated heterocycles. The van der Waals surface area contributed by atoms with Gasteiger partial charge in [-0.2, -0.15) is 0 Å². The van der Waals surface area contributed by atoms with Crippen LogP contribution in [0.15, 0.2) is 18.2 Å². The van der Waals surface area contributed by atoms with Gasteiger partial charge in [-0.15, -0.1) is 0 Å². The number of aromatic hydroxyl groups is 2. The van der Waals surface area contributed by atoms with Crippen molar-refractivity contribution in [1.82, 2.24) is 10.6 Å². The molecule has 0 aromatic heterocycles. The molecule has 0 radical (unpaired) electrons. The Bertz CT molecular complexity index is 642. The standard InChI is InChI=1S/C20H30N2O5/c1-4-10-27-17-11-13(19(25)21-12(2)3)8-9-14(17)22-20(26)18-15(23)6-5-7-16(18)24/h5-7,12-14,17,23-24H,4,8-11H2,1-3H3,(H,21,25)(H,22,26)/t13-,14+,17+/m0/s1. The van der Waals surface area contributed by atoms with Gasteiger partial charge in [-0.05, 0) is 51.7 Å². The number of benzene rings is 1. The second kappa shape index (κ2) is 9.60. The number of carbonyl (C=O) groups is 2. The van der Waals surface area contributed by atoms with E-state index in [0.717, 1.165) is 6.42 Å². The first-order valence-electron chi connectivity index (χ1n) is 9.57. The van der Waals surface area contributed by atoms with Gasteiger partial charge < -0.3 is 25.6 Å². The van der Waals surface area contributed by atoms with Crippen LogP contribution in [-0.2, 0) is 9.53 Å². The Labute approximate surface area is 160 Å². The smallest absolute Gasteiger partial charge is 0.259 e. The van der Waals surface area contributed by atoms with Crippen LogP contribution in [0.2, 0.25) is 0 Å². The molecule has 150 valence electrons. The van der Waals surface area contributed by atoms with Crippen LogP contribution < -0.4 is 10.6 Å². The van der Waals surface area contributed by atoms with E-state index in [-0.39, 0.29) is 47.1 Å². The zero-order valence-corrected chi connectivity index (χ0v) is 16.2. The molecule has 0 heterocycles. The molecule has 27 heavy (non-hydrogen) atoms. The van der Waals surface area contributed by atoms with Crippen molar-refractivity contribution in [3.05, 3.63) is 23.8 Å². The SMILES string of the molecule is CCCO[C@@H]1C[C@@H](C(=O)NC(C)C)CC[C@H]1NC(=O)c1c(O)cccc1O. The van der Waals surface area contributed by atoms with Gasteiger partial charge in [-0.25, -0.2) is 0 Å². The molecule has 0 aliphatic heterocycles. The third kappa shape index (κ3) is 5.60. The van der Waals surface area contributed by atoms with E-state index >= 15 is 0 Å². The molecule has 1 fully saturated rings. The second-order valence-electron chi connectivity index (χ2n) is 7.33. The molecule has 2 amide bonds. The molecule has 0 bridgehead atoms. The highest BCUT2D eigenvalue weighted by Crippen LogP contribution is 2.30. The maximum absolute atomic E-state index is 12.6. The average Bonchev–Trinajstić information content (AvgIpc) is 2.60. The van der Waals surface area contributed by atoms with Crippen molar-refractivity contribution in [2.45, 2.75) is 64.6 Å². The second-order valence-corrected chi connectivity index (χ2v) is 7.33. The lowest BCUT2D eigenvalue weighted by molar-refractivity contribution is -0.129. The fourth-order valence-electron chi connectivity index (χ4n) is 3.39. The molecule has 1 aromatic rings. The summed E-state index contributed by atoms with van der Waals surface area (Å²) in [6, 6.07) is 3.97. The predicted molar refractivity (Wildman–Crippen MR) is 102 cm³/mol. The van der Waals surface area contributed by atoms with E-state index in [4.69, 9.17) is 4.74 Å². The normalized spacial score (nSPS) is 22.4. The number of nitrogens with one attached hydrogen (secondary N) is 2. The monoisotopic (exact) mass is 378 g/mol. The van der Waals surface area contributed by atoms with E-state index in [1.54, 1.807) is 0 Å². The van der Waals surface area contributed by atoms with Gasteiger partial charge in [0.2, 0.25) is 5.91 Å². The zero-order valence-electron chi connectivity index (χ0n) is 16.2. The molecule has 3 atom stereocenters. The number of phenols is 2. The molecule has 1 aromatic carbocycles. The fraction of sp³-hybridized carbons (Fsp3) is 0.600. The number of rotatable bonds is 7. The topological polar surface area (TPSA) is 108 Å². The summed E-state index contributed by atoms with van der Waals surface area (Å²) in [5, 5.41) is 25.6. The number of amides is 2. The summed E-state index contributed by atoms with van der Waals surface area (Å²) in [6.45, 7) is 6.39. The Kier molecular flexibility index (Phi) is 7.47. The summed E-state index contributed by atoms with van der Waals surface area (Å²) < 4.78 is 5.91. The lowest BCUT2D eigenvalue weighted by Crippen LogP contribution is -2.50. The summed E-state index contributed by atoms with van der Waals surface area (Å²) in [7, 11) is 0. The van der Waals surface area contributed by atoms with E-state index < -0.39 is 5.91 Å². The van der Waals surface area contributed by atoms with Gasteiger partial charge in [-0.1, -0.05) is 13.0 Å². The van der Waals surface area contributed by atoms with E-state index in [0.29, 0.717) is 25.9 Å². The number of ether oxygens (including phenoxy) is 1. The first-order chi connectivity index (χ1) is 12.8. The van der Waals surface area contributed by atoms with Crippen LogP contribution in [0.5, 0.6) is 11.5 Å². The van der Waals surface area contributed by atoms with Crippen molar-refractivity contribution >= 4 is 11.8 Å². The lowest BCUT2D eigenvalue weighted by atomic mass is 9.83. The Hall–Kier alpha value is -2.28. The van der Waals surface area contributed by atoms with Crippen molar-refractivity contribution in [3.63, 3.8) is 0 Å². The molecule has 0 spiro atoms. The molecule has 2 rings (SSSR count). The van der Waals surface area contributed by atoms with E-state index in [1.807, 2.05) is 20.8 Å². The van der Waals surface area contributed by atoms with Gasteiger partial charge in [0.25, 0.3) is 5.91 Å². The van der Waals surface area contributed by atoms with E-state index in [1.165, 1.54) is 18.2 Å². The minimum Gasteiger partial charge on any atom is -0.507 e. The molecule has 1 saturated carbocycles. The van der Waals surface area contributed by atoms with Crippen molar-refractivity contribution < 1.29 is 24.5 Å². The average molecular weight is 378 g/mol. The van der Waals surface area contributed by atoms with Crippen LogP contribution in [0.3, 0.4) is 0 Å². The number of carbonyl (C=O) groups excluding carboxylic acids is 2. The molecular weight excluding hydrogens is 348 g/mol. The van der Waals surface area contributed by atoms with Gasteiger partial charge in [0.1, 0.15) is 17.1 Å². The molecule has 0 unspecified atom stereocenters. The largest absolute Gasteiger partial charge is 0.507 e. The van der Waals surface area contributed by atoms with Gasteiger partial charge in [0, 0.05) is 18.6 Å². The van der Waals surface area contributed by atoms with Crippen LogP contribution in [0.4, 0.5) is 0 Å². The molecule has 7 heteroatoms. The highest BCUT2D eigenvalue weighted by Gasteiger charge is 2.36. The van der Waals surface area contributed by atoms with Gasteiger partial charge >= 0.3 is 0 Å². The minimum absolute atomic E-state index is 0.0122. The van der Waals surface area contributed by atoms with E-state index in [9.17, 15) is 19.8 Å². The summed E-state index contributed by atoms with van der Waals surface area (Å²) in [5.41, 5.74) is -0.147. The summed E-state index contributed by atoms with van der Waals surface area (Å²) in [5.74, 6) is -1.24. The first-order valence-corrected chi connectivity index (χ1v) is 9.57. The molecule has 4 N–H and O–H groups in total. The van der Waals surface area contributed by atoms with Crippen molar-refractivity contribution in [3.8, 4) is 11.5 Å². The quantitative estimate of drug-likeness (QED) is 0.582. The van der Waals surface area contributed by atoms with Crippen molar-refractivity contribution in [1.29, 1.82) is 0 Å². The Balaban J connectivity index is 2.08. The lowest BCUT2D eigenvalue weighted by Gasteiger charge is -2.36. The van der Waals surface area contributed by atoms with Gasteiger partial charge in [0.05, 0.1) is 12.1 Å². The van der Waals surface area contributed by atoms with Gasteiger partial charge in [-0.3, -0.25) is 9.59 Å². The third-order valence-electron chi connectivity index (χ3n) is 4.69. The highest BCUT2D eigenvalue weighted by atomic mass is 16.5. The maximum Gasteiger partial charge on any atom is 0.259 e. The van der Waals surface area contributed by atoms with E-state index in [2.05, 4.69) is 10.6 Å². The Morgan fingerprint density at radius 2 is 1.89 bits per heavy atom. The summed E-state index contributed by atoms with van der Waals surface area (Å²) >= 11 is 0. The molecule has 1 aliphatic carbocycles. The minimum atomic E-state index is -0.550. The number of phenolic OH excluding ortho intramolecular Hbond substituents is 2. The van der Waals surface area contributed by atoms with Crippen LogP contribution in [0, 0.1) is 5.92 Å². The van der Waals surface area contributed by atoms with Crippen LogP contribution in [0.1, 0.15) is 56.8 Å². The maximum atomic E-state index is 12.6. The Morgan fingerprint density at radius 1 is 1.22 bits per heavy atom. The van der Waals surface area contributed by atoms with Crippen molar-refractivity contribution in [2.75, 3.05) is 6.61 Å². The van der Waals surface area contributed by atoms with Gasteiger partial charge in [0.15, 0.2) is 0 Å². The summed E-state index contributed by atoms with van der Waals surface area (Å²) in [4.78, 5) is 24.9. The van der Waals surface area contributed by atoms with Crippen LogP contribution in [0.25, 0.3) is 0 Å². The molecule has 7 nitrogen and oxygen atoms in total. The first kappa shape index (κ1) is 21.0. The highest BCUT2D eigenvalue weighted by molar-refractivity contribution is 5.99. The van der Waals surface area contributed by atoms with Crippen LogP contribution in [-0.4, -0.2) is 46.8 Å². The predicted octanol–water partition coefficient (Wildman–Crippen LogP) is 2.32. The molecule has 1 aliphatic rings. The Morgan fingerprint density at radius 3 is 2.48 bits per heavy atom. The third-order valence-corrected chi connectivity index (χ3v) is 4.69. The fourth-order valence-corrected chi connectivity index (χ4v) is 3.39.